The summed E-state index contributed by atoms with van der Waals surface area (Å²) in [5.74, 6) is -0.00150. The second-order valence-electron chi connectivity index (χ2n) is 5.15. The second kappa shape index (κ2) is 7.49. The number of benzene rings is 1. The van der Waals surface area contributed by atoms with Gasteiger partial charge in [-0.1, -0.05) is 43.7 Å². The molecule has 0 bridgehead atoms. The van der Waals surface area contributed by atoms with Crippen LogP contribution in [-0.2, 0) is 10.0 Å². The molecule has 124 valence electrons. The van der Waals surface area contributed by atoms with E-state index >= 15 is 0 Å². The number of rotatable bonds is 7. The van der Waals surface area contributed by atoms with Gasteiger partial charge in [0.05, 0.1) is 24.5 Å². The van der Waals surface area contributed by atoms with Crippen molar-refractivity contribution in [1.29, 1.82) is 0 Å². The maximum absolute atomic E-state index is 12.4. The Morgan fingerprint density at radius 2 is 1.83 bits per heavy atom. The lowest BCUT2D eigenvalue weighted by Gasteiger charge is -2.24. The van der Waals surface area contributed by atoms with E-state index < -0.39 is 22.2 Å². The molecule has 23 heavy (non-hydrogen) atoms. The average molecular weight is 336 g/mol. The molecule has 0 amide bonds. The zero-order valence-electron chi connectivity index (χ0n) is 12.8. The fraction of sp³-hybridized carbons (Fsp3) is 0.333. The average Bonchev–Trinajstić information content (AvgIpc) is 2.55. The van der Waals surface area contributed by atoms with E-state index in [1.165, 1.54) is 0 Å². The van der Waals surface area contributed by atoms with E-state index in [4.69, 9.17) is 5.73 Å². The molecule has 0 saturated heterocycles. The van der Waals surface area contributed by atoms with Crippen LogP contribution in [0.5, 0.6) is 0 Å². The van der Waals surface area contributed by atoms with E-state index in [0.717, 1.165) is 18.8 Å². The van der Waals surface area contributed by atoms with Crippen LogP contribution in [0.2, 0.25) is 0 Å². The fourth-order valence-electron chi connectivity index (χ4n) is 2.21. The predicted molar refractivity (Wildman–Crippen MR) is 86.9 cm³/mol. The van der Waals surface area contributed by atoms with Crippen LogP contribution in [0.4, 0.5) is 5.95 Å². The summed E-state index contributed by atoms with van der Waals surface area (Å²) >= 11 is 0. The van der Waals surface area contributed by atoms with E-state index in [-0.39, 0.29) is 10.8 Å². The summed E-state index contributed by atoms with van der Waals surface area (Å²) in [5, 5.41) is 10.5. The molecule has 0 saturated carbocycles. The van der Waals surface area contributed by atoms with Gasteiger partial charge >= 0.3 is 0 Å². The number of hydrogen-bond acceptors (Lipinski definition) is 6. The van der Waals surface area contributed by atoms with Gasteiger partial charge in [-0.05, 0) is 12.0 Å². The molecule has 0 fully saturated rings. The molecule has 1 heterocycles. The van der Waals surface area contributed by atoms with Crippen LogP contribution >= 0.6 is 0 Å². The van der Waals surface area contributed by atoms with Gasteiger partial charge < -0.3 is 10.8 Å². The first-order valence-corrected chi connectivity index (χ1v) is 8.75. The summed E-state index contributed by atoms with van der Waals surface area (Å²) in [6, 6.07) is 8.29. The summed E-state index contributed by atoms with van der Waals surface area (Å²) in [4.78, 5) is 7.28. The van der Waals surface area contributed by atoms with E-state index in [0.29, 0.717) is 12.0 Å². The number of nitrogen functional groups attached to an aromatic ring is 1. The predicted octanol–water partition coefficient (Wildman–Crippen LogP) is 1.24. The lowest BCUT2D eigenvalue weighted by Crippen LogP contribution is -2.39. The van der Waals surface area contributed by atoms with Crippen LogP contribution in [0, 0.1) is 0 Å². The van der Waals surface area contributed by atoms with Gasteiger partial charge in [0.1, 0.15) is 4.90 Å². The highest BCUT2D eigenvalue weighted by Crippen LogP contribution is 2.21. The number of aliphatic hydroxyl groups excluding tert-OH is 1. The van der Waals surface area contributed by atoms with E-state index in [9.17, 15) is 13.5 Å². The quantitative estimate of drug-likeness (QED) is 0.700. The van der Waals surface area contributed by atoms with Gasteiger partial charge in [0.25, 0.3) is 0 Å². The number of nitrogens with two attached hydrogens (primary N) is 1. The van der Waals surface area contributed by atoms with Crippen molar-refractivity contribution < 1.29 is 13.5 Å². The largest absolute Gasteiger partial charge is 0.387 e. The summed E-state index contributed by atoms with van der Waals surface area (Å²) in [6.07, 6.45) is 2.55. The van der Waals surface area contributed by atoms with Crippen molar-refractivity contribution in [2.75, 3.05) is 5.73 Å². The lowest BCUT2D eigenvalue weighted by atomic mass is 10.00. The first-order chi connectivity index (χ1) is 10.9. The van der Waals surface area contributed by atoms with Crippen molar-refractivity contribution in [3.63, 3.8) is 0 Å². The maximum Gasteiger partial charge on any atom is 0.243 e. The number of nitrogens with zero attached hydrogens (tertiary/aromatic N) is 2. The van der Waals surface area contributed by atoms with Crippen molar-refractivity contribution in [3.05, 3.63) is 48.3 Å². The molecule has 2 rings (SSSR count). The molecule has 0 radical (unpaired) electrons. The molecule has 0 aliphatic rings. The molecule has 7 nitrogen and oxygen atoms in total. The third-order valence-corrected chi connectivity index (χ3v) is 4.83. The highest BCUT2D eigenvalue weighted by molar-refractivity contribution is 7.89. The van der Waals surface area contributed by atoms with Crippen molar-refractivity contribution in [2.45, 2.75) is 36.8 Å². The SMILES string of the molecule is CCCC(NS(=O)(=O)c1cnc(N)nc1)C(O)c1ccccc1. The van der Waals surface area contributed by atoms with Crippen LogP contribution in [0.25, 0.3) is 0 Å². The Morgan fingerprint density at radius 1 is 1.22 bits per heavy atom. The van der Waals surface area contributed by atoms with Crippen molar-refractivity contribution in [2.24, 2.45) is 0 Å². The zero-order valence-corrected chi connectivity index (χ0v) is 13.6. The normalized spacial score (nSPS) is 14.3. The summed E-state index contributed by atoms with van der Waals surface area (Å²) in [6.45, 7) is 1.92. The lowest BCUT2D eigenvalue weighted by molar-refractivity contribution is 0.134. The highest BCUT2D eigenvalue weighted by atomic mass is 32.2. The Balaban J connectivity index is 2.23. The number of aromatic nitrogens is 2. The third kappa shape index (κ3) is 4.47. The number of anilines is 1. The summed E-state index contributed by atoms with van der Waals surface area (Å²) in [5.41, 5.74) is 6.02. The van der Waals surface area contributed by atoms with Crippen molar-refractivity contribution >= 4 is 16.0 Å². The van der Waals surface area contributed by atoms with Crippen LogP contribution in [0.15, 0.2) is 47.6 Å². The Kier molecular flexibility index (Phi) is 5.64. The molecule has 0 aliphatic carbocycles. The molecule has 2 aromatic rings. The van der Waals surface area contributed by atoms with Gasteiger partial charge in [-0.3, -0.25) is 0 Å². The summed E-state index contributed by atoms with van der Waals surface area (Å²) in [7, 11) is -3.84. The fourth-order valence-corrected chi connectivity index (χ4v) is 3.37. The highest BCUT2D eigenvalue weighted by Gasteiger charge is 2.26. The van der Waals surface area contributed by atoms with Crippen molar-refractivity contribution in [3.8, 4) is 0 Å². The first-order valence-electron chi connectivity index (χ1n) is 7.27. The number of nitrogens with one attached hydrogen (secondary N) is 1. The molecular formula is C15H20N4O3S. The molecule has 2 unspecified atom stereocenters. The van der Waals surface area contributed by atoms with Gasteiger partial charge in [-0.15, -0.1) is 0 Å². The van der Waals surface area contributed by atoms with Crippen LogP contribution in [0.1, 0.15) is 31.4 Å². The molecule has 1 aromatic heterocycles. The van der Waals surface area contributed by atoms with Crippen LogP contribution < -0.4 is 10.5 Å². The van der Waals surface area contributed by atoms with Gasteiger partial charge in [0.15, 0.2) is 0 Å². The number of hydrogen-bond donors (Lipinski definition) is 3. The molecule has 1 aromatic carbocycles. The minimum absolute atomic E-state index is 0.00150. The van der Waals surface area contributed by atoms with Crippen LogP contribution in [-0.4, -0.2) is 29.5 Å². The number of sulfonamides is 1. The molecule has 4 N–H and O–H groups in total. The van der Waals surface area contributed by atoms with Gasteiger partial charge in [-0.25, -0.2) is 23.1 Å². The standard InChI is InChI=1S/C15H20N4O3S/c1-2-6-13(14(20)11-7-4-3-5-8-11)19-23(21,22)12-9-17-15(16)18-10-12/h3-5,7-10,13-14,19-20H,2,6H2,1H3,(H2,16,17,18). The van der Waals surface area contributed by atoms with Gasteiger partial charge in [-0.2, -0.15) is 0 Å². The van der Waals surface area contributed by atoms with Gasteiger partial charge in [0.2, 0.25) is 16.0 Å². The second-order valence-corrected chi connectivity index (χ2v) is 6.86. The molecule has 8 heteroatoms. The van der Waals surface area contributed by atoms with Crippen molar-refractivity contribution in [1.82, 2.24) is 14.7 Å². The molecular weight excluding hydrogens is 316 g/mol. The molecule has 0 spiro atoms. The van der Waals surface area contributed by atoms with Crippen LogP contribution in [0.3, 0.4) is 0 Å². The summed E-state index contributed by atoms with van der Waals surface area (Å²) < 4.78 is 27.4. The minimum atomic E-state index is -3.84. The smallest absolute Gasteiger partial charge is 0.243 e. The molecule has 2 atom stereocenters. The number of aliphatic hydroxyl groups is 1. The maximum atomic E-state index is 12.4. The topological polar surface area (TPSA) is 118 Å². The Bertz CT molecular complexity index is 720. The van der Waals surface area contributed by atoms with E-state index in [1.54, 1.807) is 24.3 Å². The third-order valence-electron chi connectivity index (χ3n) is 3.39. The minimum Gasteiger partial charge on any atom is -0.387 e. The zero-order chi connectivity index (χ0) is 16.9. The Hall–Kier alpha value is -2.03. The molecule has 0 aliphatic heterocycles. The monoisotopic (exact) mass is 336 g/mol. The van der Waals surface area contributed by atoms with Gasteiger partial charge in [0, 0.05) is 0 Å². The van der Waals surface area contributed by atoms with E-state index in [1.807, 2.05) is 13.0 Å². The Morgan fingerprint density at radius 3 is 2.39 bits per heavy atom. The Labute approximate surface area is 135 Å². The first kappa shape index (κ1) is 17.3. The van der Waals surface area contributed by atoms with E-state index in [2.05, 4.69) is 14.7 Å².